The molecule has 0 heterocycles. The van der Waals surface area contributed by atoms with Crippen LogP contribution in [0.1, 0.15) is 25.0 Å². The van der Waals surface area contributed by atoms with Crippen LogP contribution >= 0.6 is 0 Å². The Morgan fingerprint density at radius 3 is 1.55 bits per heavy atom. The van der Waals surface area contributed by atoms with E-state index in [0.29, 0.717) is 11.1 Å². The first kappa shape index (κ1) is 15.7. The van der Waals surface area contributed by atoms with Gasteiger partial charge in [0.1, 0.15) is 0 Å². The molecule has 0 aliphatic heterocycles. The first-order valence-corrected chi connectivity index (χ1v) is 6.34. The summed E-state index contributed by atoms with van der Waals surface area (Å²) in [7, 11) is 0. The average Bonchev–Trinajstić information content (AvgIpc) is 2.46. The van der Waals surface area contributed by atoms with Crippen LogP contribution in [0, 0.1) is 0 Å². The quantitative estimate of drug-likeness (QED) is 0.591. The molecule has 1 rings (SSSR count). The fourth-order valence-electron chi connectivity index (χ4n) is 1.67. The summed E-state index contributed by atoms with van der Waals surface area (Å²) in [6.45, 7) is 11.4. The van der Waals surface area contributed by atoms with Crippen LogP contribution in [0.25, 0.3) is 11.1 Å². The SMILES string of the molecule is C=C(C(=O)OCC)c1ccccc1C(=C)C(=O)OCC. The smallest absolute Gasteiger partial charge is 0.338 e. The van der Waals surface area contributed by atoms with E-state index in [2.05, 4.69) is 13.2 Å². The largest absolute Gasteiger partial charge is 0.462 e. The van der Waals surface area contributed by atoms with Gasteiger partial charge in [-0.2, -0.15) is 0 Å². The third kappa shape index (κ3) is 3.57. The summed E-state index contributed by atoms with van der Waals surface area (Å²) in [5, 5.41) is 0. The Balaban J connectivity index is 3.11. The average molecular weight is 274 g/mol. The zero-order chi connectivity index (χ0) is 15.1. The first-order valence-electron chi connectivity index (χ1n) is 6.34. The summed E-state index contributed by atoms with van der Waals surface area (Å²) in [4.78, 5) is 23.5. The van der Waals surface area contributed by atoms with Gasteiger partial charge in [0.25, 0.3) is 0 Å². The molecular formula is C16H18O4. The van der Waals surface area contributed by atoms with Crippen LogP contribution in [0.4, 0.5) is 0 Å². The van der Waals surface area contributed by atoms with Gasteiger partial charge in [0.15, 0.2) is 0 Å². The normalized spacial score (nSPS) is 9.70. The van der Waals surface area contributed by atoms with Gasteiger partial charge < -0.3 is 9.47 Å². The summed E-state index contributed by atoms with van der Waals surface area (Å²) < 4.78 is 9.83. The molecule has 0 bridgehead atoms. The van der Waals surface area contributed by atoms with Gasteiger partial charge in [-0.3, -0.25) is 0 Å². The van der Waals surface area contributed by atoms with Gasteiger partial charge in [0.2, 0.25) is 0 Å². The second-order valence-electron chi connectivity index (χ2n) is 3.94. The summed E-state index contributed by atoms with van der Waals surface area (Å²) in [6.07, 6.45) is 0. The molecule has 0 saturated carbocycles. The Kier molecular flexibility index (Phi) is 5.72. The Labute approximate surface area is 118 Å². The fourth-order valence-corrected chi connectivity index (χ4v) is 1.67. The van der Waals surface area contributed by atoms with Crippen molar-refractivity contribution in [3.05, 3.63) is 48.6 Å². The van der Waals surface area contributed by atoms with E-state index in [0.717, 1.165) is 0 Å². The van der Waals surface area contributed by atoms with Gasteiger partial charge in [-0.15, -0.1) is 0 Å². The van der Waals surface area contributed by atoms with Crippen molar-refractivity contribution in [1.29, 1.82) is 0 Å². The Morgan fingerprint density at radius 2 is 1.25 bits per heavy atom. The van der Waals surface area contributed by atoms with Gasteiger partial charge in [-0.1, -0.05) is 37.4 Å². The van der Waals surface area contributed by atoms with E-state index in [-0.39, 0.29) is 24.4 Å². The highest BCUT2D eigenvalue weighted by Crippen LogP contribution is 2.25. The van der Waals surface area contributed by atoms with E-state index < -0.39 is 11.9 Å². The van der Waals surface area contributed by atoms with Crippen molar-refractivity contribution in [2.24, 2.45) is 0 Å². The number of esters is 2. The highest BCUT2D eigenvalue weighted by Gasteiger charge is 2.19. The third-order valence-electron chi connectivity index (χ3n) is 2.62. The Morgan fingerprint density at radius 1 is 0.900 bits per heavy atom. The zero-order valence-electron chi connectivity index (χ0n) is 11.8. The van der Waals surface area contributed by atoms with Crippen LogP contribution in [0.3, 0.4) is 0 Å². The number of carbonyl (C=O) groups is 2. The molecule has 4 nitrogen and oxygen atoms in total. The van der Waals surface area contributed by atoms with Gasteiger partial charge in [-0.05, 0) is 25.0 Å². The fraction of sp³-hybridized carbons (Fsp3) is 0.250. The molecule has 0 aliphatic carbocycles. The number of hydrogen-bond acceptors (Lipinski definition) is 4. The van der Waals surface area contributed by atoms with Crippen LogP contribution in [0.5, 0.6) is 0 Å². The van der Waals surface area contributed by atoms with Gasteiger partial charge in [0.05, 0.1) is 24.4 Å². The maximum absolute atomic E-state index is 11.7. The molecule has 0 unspecified atom stereocenters. The van der Waals surface area contributed by atoms with E-state index in [9.17, 15) is 9.59 Å². The molecule has 4 heteroatoms. The molecule has 106 valence electrons. The molecule has 0 radical (unpaired) electrons. The summed E-state index contributed by atoms with van der Waals surface area (Å²) in [6, 6.07) is 6.89. The minimum Gasteiger partial charge on any atom is -0.462 e. The van der Waals surface area contributed by atoms with Crippen molar-refractivity contribution < 1.29 is 19.1 Å². The van der Waals surface area contributed by atoms with E-state index in [1.807, 2.05) is 0 Å². The maximum atomic E-state index is 11.7. The van der Waals surface area contributed by atoms with Gasteiger partial charge in [-0.25, -0.2) is 9.59 Å². The number of hydrogen-bond donors (Lipinski definition) is 0. The molecule has 0 fully saturated rings. The van der Waals surface area contributed by atoms with Crippen LogP contribution < -0.4 is 0 Å². The molecule has 0 aliphatic rings. The number of carbonyl (C=O) groups excluding carboxylic acids is 2. The van der Waals surface area contributed by atoms with E-state index in [1.165, 1.54) is 0 Å². The van der Waals surface area contributed by atoms with Crippen LogP contribution in [0.15, 0.2) is 37.4 Å². The molecule has 0 N–H and O–H groups in total. The van der Waals surface area contributed by atoms with Crippen molar-refractivity contribution >= 4 is 23.1 Å². The molecule has 0 spiro atoms. The molecule has 0 amide bonds. The summed E-state index contributed by atoms with van der Waals surface area (Å²) in [5.74, 6) is -1.03. The number of benzene rings is 1. The summed E-state index contributed by atoms with van der Waals surface area (Å²) >= 11 is 0. The third-order valence-corrected chi connectivity index (χ3v) is 2.62. The lowest BCUT2D eigenvalue weighted by atomic mass is 9.96. The molecule has 0 saturated heterocycles. The van der Waals surface area contributed by atoms with E-state index in [1.54, 1.807) is 38.1 Å². The predicted molar refractivity (Wildman–Crippen MR) is 77.8 cm³/mol. The molecule has 1 aromatic rings. The van der Waals surface area contributed by atoms with Crippen LogP contribution in [-0.2, 0) is 19.1 Å². The second kappa shape index (κ2) is 7.28. The van der Waals surface area contributed by atoms with Crippen molar-refractivity contribution in [3.63, 3.8) is 0 Å². The molecule has 0 atom stereocenters. The Hall–Kier alpha value is -2.36. The standard InChI is InChI=1S/C16H18O4/c1-5-19-15(17)11(3)13-9-7-8-10-14(13)12(4)16(18)20-6-2/h7-10H,3-6H2,1-2H3. The van der Waals surface area contributed by atoms with Gasteiger partial charge in [0, 0.05) is 0 Å². The number of ether oxygens (including phenoxy) is 2. The first-order chi connectivity index (χ1) is 9.52. The molecular weight excluding hydrogens is 256 g/mol. The molecule has 20 heavy (non-hydrogen) atoms. The topological polar surface area (TPSA) is 52.6 Å². The predicted octanol–water partition coefficient (Wildman–Crippen LogP) is 2.84. The highest BCUT2D eigenvalue weighted by molar-refractivity contribution is 6.21. The van der Waals surface area contributed by atoms with Crippen LogP contribution in [-0.4, -0.2) is 25.2 Å². The lowest BCUT2D eigenvalue weighted by molar-refractivity contribution is -0.137. The summed E-state index contributed by atoms with van der Waals surface area (Å²) in [5.41, 5.74) is 1.41. The van der Waals surface area contributed by atoms with Crippen molar-refractivity contribution in [3.8, 4) is 0 Å². The molecule has 0 aromatic heterocycles. The lowest BCUT2D eigenvalue weighted by Gasteiger charge is -2.12. The maximum Gasteiger partial charge on any atom is 0.338 e. The van der Waals surface area contributed by atoms with Crippen molar-refractivity contribution in [2.75, 3.05) is 13.2 Å². The highest BCUT2D eigenvalue weighted by atomic mass is 16.5. The number of rotatable bonds is 6. The Bertz CT molecular complexity index is 494. The lowest BCUT2D eigenvalue weighted by Crippen LogP contribution is -2.10. The van der Waals surface area contributed by atoms with Crippen molar-refractivity contribution in [2.45, 2.75) is 13.8 Å². The van der Waals surface area contributed by atoms with E-state index in [4.69, 9.17) is 9.47 Å². The van der Waals surface area contributed by atoms with E-state index >= 15 is 0 Å². The van der Waals surface area contributed by atoms with Gasteiger partial charge >= 0.3 is 11.9 Å². The molecule has 1 aromatic carbocycles. The minimum absolute atomic E-state index is 0.188. The monoisotopic (exact) mass is 274 g/mol. The zero-order valence-corrected chi connectivity index (χ0v) is 11.8. The van der Waals surface area contributed by atoms with Crippen LogP contribution in [0.2, 0.25) is 0 Å². The second-order valence-corrected chi connectivity index (χ2v) is 3.94. The minimum atomic E-state index is -0.517. The van der Waals surface area contributed by atoms with Crippen molar-refractivity contribution in [1.82, 2.24) is 0 Å².